The number of carbonyl (C=O) groups is 1. The topological polar surface area (TPSA) is 81.9 Å². The summed E-state index contributed by atoms with van der Waals surface area (Å²) in [6, 6.07) is 15.4. The van der Waals surface area contributed by atoms with Gasteiger partial charge in [-0.1, -0.05) is 30.0 Å². The van der Waals surface area contributed by atoms with Gasteiger partial charge in [0, 0.05) is 11.1 Å². The fourth-order valence-electron chi connectivity index (χ4n) is 2.92. The number of hydrogen-bond acceptors (Lipinski definition) is 7. The highest BCUT2D eigenvalue weighted by atomic mass is 32.2. The van der Waals surface area contributed by atoms with E-state index in [9.17, 15) is 9.18 Å². The van der Waals surface area contributed by atoms with Crippen LogP contribution in [0.15, 0.2) is 65.1 Å². The number of aromatic nitrogens is 4. The molecule has 4 aromatic rings. The van der Waals surface area contributed by atoms with E-state index in [1.807, 2.05) is 54.1 Å². The zero-order valence-electron chi connectivity index (χ0n) is 17.4. The number of ether oxygens (including phenoxy) is 1. The zero-order chi connectivity index (χ0) is 22.5. The van der Waals surface area contributed by atoms with Crippen molar-refractivity contribution in [3.8, 4) is 11.4 Å². The van der Waals surface area contributed by atoms with Gasteiger partial charge in [0.2, 0.25) is 5.91 Å². The number of nitrogens with zero attached hydrogens (tertiary/aromatic N) is 4. The van der Waals surface area contributed by atoms with Gasteiger partial charge >= 0.3 is 0 Å². The lowest BCUT2D eigenvalue weighted by Crippen LogP contribution is -2.15. The van der Waals surface area contributed by atoms with Crippen LogP contribution in [0.25, 0.3) is 5.69 Å². The highest BCUT2D eigenvalue weighted by molar-refractivity contribution is 7.99. The van der Waals surface area contributed by atoms with E-state index in [1.54, 1.807) is 12.1 Å². The second-order valence-electron chi connectivity index (χ2n) is 6.86. The molecule has 1 N–H and O–H groups in total. The third kappa shape index (κ3) is 5.32. The first-order valence-electron chi connectivity index (χ1n) is 9.77. The summed E-state index contributed by atoms with van der Waals surface area (Å²) < 4.78 is 21.0. The minimum absolute atomic E-state index is 0.150. The third-order valence-electron chi connectivity index (χ3n) is 4.36. The molecule has 0 aliphatic heterocycles. The van der Waals surface area contributed by atoms with E-state index < -0.39 is 6.10 Å². The van der Waals surface area contributed by atoms with Gasteiger partial charge in [-0.15, -0.1) is 21.5 Å². The van der Waals surface area contributed by atoms with Crippen molar-refractivity contribution < 1.29 is 13.9 Å². The molecule has 2 aromatic carbocycles. The summed E-state index contributed by atoms with van der Waals surface area (Å²) in [7, 11) is 0. The number of hydrogen-bond donors (Lipinski definition) is 1. The molecule has 0 radical (unpaired) electrons. The van der Waals surface area contributed by atoms with Crippen molar-refractivity contribution in [3.63, 3.8) is 0 Å². The van der Waals surface area contributed by atoms with Crippen LogP contribution < -0.4 is 10.1 Å². The molecule has 32 heavy (non-hydrogen) atoms. The largest absolute Gasteiger partial charge is 0.483 e. The Hall–Kier alpha value is -3.24. The van der Waals surface area contributed by atoms with E-state index in [0.717, 1.165) is 11.4 Å². The Bertz CT molecular complexity index is 1190. The average Bonchev–Trinajstić information content (AvgIpc) is 3.40. The maximum atomic E-state index is 13.2. The van der Waals surface area contributed by atoms with Crippen LogP contribution in [-0.4, -0.2) is 31.4 Å². The molecule has 1 atom stereocenters. The van der Waals surface area contributed by atoms with Gasteiger partial charge in [-0.05, 0) is 50.2 Å². The molecule has 0 aliphatic rings. The molecule has 0 saturated heterocycles. The van der Waals surface area contributed by atoms with E-state index in [-0.39, 0.29) is 17.5 Å². The van der Waals surface area contributed by atoms with Crippen LogP contribution in [0.5, 0.6) is 5.75 Å². The Morgan fingerprint density at radius 3 is 2.62 bits per heavy atom. The average molecular weight is 470 g/mol. The number of thioether (sulfide) groups is 1. The number of carbonyl (C=O) groups excluding carboxylic acids is 1. The molecule has 0 bridgehead atoms. The van der Waals surface area contributed by atoms with Gasteiger partial charge in [0.25, 0.3) is 0 Å². The van der Waals surface area contributed by atoms with Gasteiger partial charge in [-0.3, -0.25) is 9.36 Å². The Balaban J connectivity index is 1.53. The smallest absolute Gasteiger partial charge is 0.236 e. The van der Waals surface area contributed by atoms with Crippen LogP contribution in [0.2, 0.25) is 0 Å². The molecular weight excluding hydrogens is 449 g/mol. The molecule has 7 nitrogen and oxygen atoms in total. The summed E-state index contributed by atoms with van der Waals surface area (Å²) in [4.78, 5) is 16.6. The van der Waals surface area contributed by atoms with Crippen LogP contribution in [0.1, 0.15) is 24.5 Å². The predicted octanol–water partition coefficient (Wildman–Crippen LogP) is 5.04. The van der Waals surface area contributed by atoms with E-state index in [2.05, 4.69) is 20.5 Å². The van der Waals surface area contributed by atoms with Crippen LogP contribution in [0.3, 0.4) is 0 Å². The molecule has 1 unspecified atom stereocenters. The number of benzene rings is 2. The van der Waals surface area contributed by atoms with Gasteiger partial charge in [-0.2, -0.15) is 0 Å². The lowest BCUT2D eigenvalue weighted by molar-refractivity contribution is -0.113. The maximum Gasteiger partial charge on any atom is 0.236 e. The number of aryl methyl sites for hydroxylation is 1. The van der Waals surface area contributed by atoms with Crippen molar-refractivity contribution in [2.75, 3.05) is 11.1 Å². The molecule has 0 fully saturated rings. The lowest BCUT2D eigenvalue weighted by atomic mass is 10.3. The normalized spacial score (nSPS) is 11.8. The first kappa shape index (κ1) is 22.0. The first-order chi connectivity index (χ1) is 15.5. The number of thiazole rings is 1. The SMILES string of the molecule is Cc1csc(NC(=O)CSc2nnc(C(C)Oc3ccc(F)cc3)n2-c2ccccc2)n1. The van der Waals surface area contributed by atoms with Crippen molar-refractivity contribution in [2.24, 2.45) is 0 Å². The second kappa shape index (κ2) is 9.92. The predicted molar refractivity (Wildman–Crippen MR) is 123 cm³/mol. The van der Waals surface area contributed by atoms with Gasteiger partial charge in [0.05, 0.1) is 11.4 Å². The van der Waals surface area contributed by atoms with E-state index in [1.165, 1.54) is 35.2 Å². The zero-order valence-corrected chi connectivity index (χ0v) is 19.0. The van der Waals surface area contributed by atoms with Gasteiger partial charge in [0.1, 0.15) is 11.6 Å². The molecule has 0 spiro atoms. The standard InChI is InChI=1S/C22H20FN5O2S2/c1-14-12-31-21(24-14)25-19(29)13-32-22-27-26-20(28(22)17-6-4-3-5-7-17)15(2)30-18-10-8-16(23)9-11-18/h3-12,15H,13H2,1-2H3,(H,24,25,29). The molecule has 0 saturated carbocycles. The van der Waals surface area contributed by atoms with Crippen molar-refractivity contribution >= 4 is 34.1 Å². The second-order valence-corrected chi connectivity index (χ2v) is 8.66. The Morgan fingerprint density at radius 1 is 1.19 bits per heavy atom. The van der Waals surface area contributed by atoms with Crippen molar-refractivity contribution in [2.45, 2.75) is 25.1 Å². The molecule has 4 rings (SSSR count). The number of anilines is 1. The van der Waals surface area contributed by atoms with Crippen LogP contribution in [0, 0.1) is 12.7 Å². The number of para-hydroxylation sites is 1. The summed E-state index contributed by atoms with van der Waals surface area (Å²) in [6.07, 6.45) is -0.463. The highest BCUT2D eigenvalue weighted by Crippen LogP contribution is 2.28. The number of amides is 1. The van der Waals surface area contributed by atoms with Crippen molar-refractivity contribution in [1.29, 1.82) is 0 Å². The van der Waals surface area contributed by atoms with Gasteiger partial charge in [0.15, 0.2) is 22.2 Å². The summed E-state index contributed by atoms with van der Waals surface area (Å²) in [5.41, 5.74) is 1.71. The van der Waals surface area contributed by atoms with Crippen molar-refractivity contribution in [3.05, 3.63) is 77.3 Å². The Kier molecular flexibility index (Phi) is 6.81. The fraction of sp³-hybridized carbons (Fsp3) is 0.182. The van der Waals surface area contributed by atoms with Crippen LogP contribution in [0.4, 0.5) is 9.52 Å². The number of rotatable bonds is 8. The minimum atomic E-state index is -0.463. The Morgan fingerprint density at radius 2 is 1.94 bits per heavy atom. The molecular formula is C22H20FN5O2S2. The molecule has 2 heterocycles. The maximum absolute atomic E-state index is 13.2. The first-order valence-corrected chi connectivity index (χ1v) is 11.6. The molecule has 164 valence electrons. The third-order valence-corrected chi connectivity index (χ3v) is 6.17. The summed E-state index contributed by atoms with van der Waals surface area (Å²) in [5.74, 6) is 0.732. The van der Waals surface area contributed by atoms with E-state index in [0.29, 0.717) is 21.9 Å². The summed E-state index contributed by atoms with van der Waals surface area (Å²) >= 11 is 2.66. The minimum Gasteiger partial charge on any atom is -0.483 e. The quantitative estimate of drug-likeness (QED) is 0.364. The Labute approximate surface area is 192 Å². The summed E-state index contributed by atoms with van der Waals surface area (Å²) in [6.45, 7) is 3.72. The van der Waals surface area contributed by atoms with Crippen molar-refractivity contribution in [1.82, 2.24) is 19.7 Å². The fourth-order valence-corrected chi connectivity index (χ4v) is 4.39. The molecule has 1 amide bonds. The van der Waals surface area contributed by atoms with Crippen LogP contribution in [-0.2, 0) is 4.79 Å². The molecule has 10 heteroatoms. The van der Waals surface area contributed by atoms with E-state index >= 15 is 0 Å². The monoisotopic (exact) mass is 469 g/mol. The van der Waals surface area contributed by atoms with E-state index in [4.69, 9.17) is 4.74 Å². The highest BCUT2D eigenvalue weighted by Gasteiger charge is 2.22. The number of nitrogens with one attached hydrogen (secondary N) is 1. The lowest BCUT2D eigenvalue weighted by Gasteiger charge is -2.16. The van der Waals surface area contributed by atoms with Gasteiger partial charge < -0.3 is 10.1 Å². The summed E-state index contributed by atoms with van der Waals surface area (Å²) in [5, 5.41) is 14.4. The molecule has 0 aliphatic carbocycles. The molecule has 2 aromatic heterocycles. The number of halogens is 1. The van der Waals surface area contributed by atoms with Crippen LogP contribution >= 0.6 is 23.1 Å². The van der Waals surface area contributed by atoms with Gasteiger partial charge in [-0.25, -0.2) is 9.37 Å².